The van der Waals surface area contributed by atoms with Gasteiger partial charge in [0.25, 0.3) is 5.91 Å². The summed E-state index contributed by atoms with van der Waals surface area (Å²) in [7, 11) is 0. The zero-order chi connectivity index (χ0) is 27.6. The van der Waals surface area contributed by atoms with Gasteiger partial charge in [-0.05, 0) is 80.5 Å². The van der Waals surface area contributed by atoms with Crippen LogP contribution in [0.3, 0.4) is 0 Å². The fourth-order valence-electron chi connectivity index (χ4n) is 6.72. The van der Waals surface area contributed by atoms with Crippen LogP contribution >= 0.6 is 0 Å². The molecule has 3 aliphatic rings. The predicted molar refractivity (Wildman–Crippen MR) is 158 cm³/mol. The van der Waals surface area contributed by atoms with Crippen molar-refractivity contribution in [3.05, 3.63) is 94.5 Å². The summed E-state index contributed by atoms with van der Waals surface area (Å²) in [4.78, 5) is 20.4. The van der Waals surface area contributed by atoms with E-state index in [1.807, 2.05) is 37.3 Å². The molecule has 0 radical (unpaired) electrons. The molecule has 0 spiro atoms. The monoisotopic (exact) mass is 539 g/mol. The maximum absolute atomic E-state index is 13.1. The second-order valence-electron chi connectivity index (χ2n) is 11.7. The van der Waals surface area contributed by atoms with Crippen molar-refractivity contribution in [3.63, 3.8) is 0 Å². The highest BCUT2D eigenvalue weighted by Gasteiger charge is 2.33. The third-order valence-electron chi connectivity index (χ3n) is 9.16. The van der Waals surface area contributed by atoms with E-state index >= 15 is 0 Å². The Morgan fingerprint density at radius 2 is 1.62 bits per heavy atom. The molecule has 210 valence electrons. The molecule has 40 heavy (non-hydrogen) atoms. The summed E-state index contributed by atoms with van der Waals surface area (Å²) >= 11 is 0. The molecule has 0 aliphatic carbocycles. The third-order valence-corrected chi connectivity index (χ3v) is 9.16. The Morgan fingerprint density at radius 1 is 0.900 bits per heavy atom. The Hall–Kier alpha value is -3.35. The van der Waals surface area contributed by atoms with Gasteiger partial charge in [0.15, 0.2) is 11.5 Å². The van der Waals surface area contributed by atoms with Crippen LogP contribution in [0.5, 0.6) is 11.5 Å². The lowest BCUT2D eigenvalue weighted by Gasteiger charge is -2.47. The Labute approximate surface area is 238 Å². The Kier molecular flexibility index (Phi) is 7.81. The van der Waals surface area contributed by atoms with Gasteiger partial charge in [-0.15, -0.1) is 0 Å². The van der Waals surface area contributed by atoms with Gasteiger partial charge >= 0.3 is 0 Å². The van der Waals surface area contributed by atoms with E-state index < -0.39 is 0 Å². The van der Waals surface area contributed by atoms with E-state index in [1.165, 1.54) is 16.7 Å². The lowest BCUT2D eigenvalue weighted by atomic mass is 9.97. The highest BCUT2D eigenvalue weighted by Crippen LogP contribution is 2.33. The number of piperazine rings is 1. The summed E-state index contributed by atoms with van der Waals surface area (Å²) in [6, 6.07) is 24.7. The molecule has 2 atom stereocenters. The number of carbonyl (C=O) groups excluding carboxylic acids is 1. The number of ether oxygens (including phenoxy) is 2. The minimum Gasteiger partial charge on any atom is -0.454 e. The number of likely N-dealkylation sites (tertiary alicyclic amines) is 1. The number of benzene rings is 3. The molecule has 2 saturated heterocycles. The van der Waals surface area contributed by atoms with Crippen molar-refractivity contribution in [1.29, 1.82) is 0 Å². The van der Waals surface area contributed by atoms with Crippen LogP contribution < -0.4 is 9.47 Å². The molecule has 3 aromatic carbocycles. The molecular weight excluding hydrogens is 498 g/mol. The number of hydrogen-bond donors (Lipinski definition) is 0. The number of piperidine rings is 1. The second-order valence-corrected chi connectivity index (χ2v) is 11.7. The number of nitrogens with zero attached hydrogens (tertiary/aromatic N) is 3. The molecule has 0 unspecified atom stereocenters. The minimum atomic E-state index is 0.186. The first-order chi connectivity index (χ1) is 19.5. The third kappa shape index (κ3) is 5.61. The van der Waals surface area contributed by atoms with Crippen LogP contribution in [0.2, 0.25) is 0 Å². The lowest BCUT2D eigenvalue weighted by molar-refractivity contribution is 0.0135. The fourth-order valence-corrected chi connectivity index (χ4v) is 6.72. The lowest BCUT2D eigenvalue weighted by Crippen LogP contribution is -2.57. The first kappa shape index (κ1) is 26.9. The fraction of sp³-hybridized carbons (Fsp3) is 0.441. The van der Waals surface area contributed by atoms with Gasteiger partial charge < -0.3 is 14.4 Å². The summed E-state index contributed by atoms with van der Waals surface area (Å²) in [6.45, 7) is 12.0. The molecule has 6 nitrogen and oxygen atoms in total. The zero-order valence-electron chi connectivity index (χ0n) is 24.0. The van der Waals surface area contributed by atoms with Gasteiger partial charge in [0.2, 0.25) is 6.79 Å². The molecule has 0 saturated carbocycles. The normalized spacial score (nSPS) is 21.0. The Morgan fingerprint density at radius 3 is 2.38 bits per heavy atom. The van der Waals surface area contributed by atoms with Crippen LogP contribution in [0.4, 0.5) is 0 Å². The number of amides is 1. The van der Waals surface area contributed by atoms with E-state index in [-0.39, 0.29) is 5.91 Å². The van der Waals surface area contributed by atoms with Gasteiger partial charge in [0.1, 0.15) is 0 Å². The van der Waals surface area contributed by atoms with Crippen LogP contribution in [0.25, 0.3) is 0 Å². The van der Waals surface area contributed by atoms with Gasteiger partial charge in [0.05, 0.1) is 0 Å². The van der Waals surface area contributed by atoms with Crippen molar-refractivity contribution >= 4 is 5.91 Å². The average molecular weight is 540 g/mol. The van der Waals surface area contributed by atoms with E-state index in [0.717, 1.165) is 74.6 Å². The van der Waals surface area contributed by atoms with Crippen LogP contribution in [0, 0.1) is 6.92 Å². The maximum atomic E-state index is 13.1. The largest absolute Gasteiger partial charge is 0.454 e. The molecular formula is C34H41N3O3. The van der Waals surface area contributed by atoms with Gasteiger partial charge in [-0.2, -0.15) is 0 Å². The summed E-state index contributed by atoms with van der Waals surface area (Å²) in [6.07, 6.45) is 3.01. The van der Waals surface area contributed by atoms with E-state index in [2.05, 4.69) is 64.9 Å². The van der Waals surface area contributed by atoms with E-state index in [0.29, 0.717) is 24.9 Å². The summed E-state index contributed by atoms with van der Waals surface area (Å²) in [5, 5.41) is 0. The van der Waals surface area contributed by atoms with Crippen LogP contribution in [-0.4, -0.2) is 72.2 Å². The Balaban J connectivity index is 1.00. The molecule has 3 heterocycles. The van der Waals surface area contributed by atoms with Crippen molar-refractivity contribution in [2.75, 3.05) is 39.5 Å². The second kappa shape index (κ2) is 11.6. The standard InChI is InChI=1S/C34H41N3O3/c1-24-6-4-5-7-31(24)34(38)35-16-14-30(15-17-35)36-18-19-37(25(2)22-36)26(3)29-11-8-27(9-12-29)20-28-10-13-32-33(21-28)40-23-39-32/h4-13,21,25-26,30H,14-20,22-23H2,1-3H3/t25-,26+/m1/s1. The molecule has 0 bridgehead atoms. The summed E-state index contributed by atoms with van der Waals surface area (Å²) in [5.74, 6) is 1.86. The van der Waals surface area contributed by atoms with Crippen LogP contribution in [0.1, 0.15) is 65.3 Å². The van der Waals surface area contributed by atoms with Crippen molar-refractivity contribution < 1.29 is 14.3 Å². The highest BCUT2D eigenvalue weighted by atomic mass is 16.7. The molecule has 2 fully saturated rings. The molecule has 3 aromatic rings. The van der Waals surface area contributed by atoms with Crippen molar-refractivity contribution in [2.45, 2.75) is 58.2 Å². The predicted octanol–water partition coefficient (Wildman–Crippen LogP) is 5.69. The quantitative estimate of drug-likeness (QED) is 0.403. The van der Waals surface area contributed by atoms with Crippen LogP contribution in [-0.2, 0) is 6.42 Å². The number of carbonyl (C=O) groups is 1. The molecule has 6 heteroatoms. The van der Waals surface area contributed by atoms with E-state index in [1.54, 1.807) is 0 Å². The Bertz CT molecular complexity index is 1330. The first-order valence-electron chi connectivity index (χ1n) is 14.8. The van der Waals surface area contributed by atoms with Gasteiger partial charge in [-0.3, -0.25) is 14.6 Å². The highest BCUT2D eigenvalue weighted by molar-refractivity contribution is 5.95. The number of fused-ring (bicyclic) bond motifs is 1. The number of rotatable bonds is 6. The topological polar surface area (TPSA) is 45.3 Å². The van der Waals surface area contributed by atoms with Crippen molar-refractivity contribution in [1.82, 2.24) is 14.7 Å². The molecule has 0 aromatic heterocycles. The van der Waals surface area contributed by atoms with E-state index in [9.17, 15) is 4.79 Å². The SMILES string of the molecule is Cc1ccccc1C(=O)N1CCC(N2CCN([C@@H](C)c3ccc(Cc4ccc5c(c4)OCO5)cc3)[C@H](C)C2)CC1. The molecule has 6 rings (SSSR count). The average Bonchev–Trinajstić information content (AvgIpc) is 3.45. The van der Waals surface area contributed by atoms with E-state index in [4.69, 9.17) is 9.47 Å². The van der Waals surface area contributed by atoms with Crippen molar-refractivity contribution in [2.24, 2.45) is 0 Å². The molecule has 1 amide bonds. The van der Waals surface area contributed by atoms with Gasteiger partial charge in [0, 0.05) is 56.4 Å². The molecule has 0 N–H and O–H groups in total. The summed E-state index contributed by atoms with van der Waals surface area (Å²) in [5.41, 5.74) is 5.82. The molecule has 3 aliphatic heterocycles. The number of hydrogen-bond acceptors (Lipinski definition) is 5. The van der Waals surface area contributed by atoms with Crippen molar-refractivity contribution in [3.8, 4) is 11.5 Å². The smallest absolute Gasteiger partial charge is 0.254 e. The summed E-state index contributed by atoms with van der Waals surface area (Å²) < 4.78 is 11.0. The minimum absolute atomic E-state index is 0.186. The van der Waals surface area contributed by atoms with Gasteiger partial charge in [-0.25, -0.2) is 0 Å². The number of aryl methyl sites for hydroxylation is 1. The zero-order valence-corrected chi connectivity index (χ0v) is 24.0. The first-order valence-corrected chi connectivity index (χ1v) is 14.8. The van der Waals surface area contributed by atoms with Crippen LogP contribution in [0.15, 0.2) is 66.7 Å². The maximum Gasteiger partial charge on any atom is 0.254 e. The van der Waals surface area contributed by atoms with Gasteiger partial charge in [-0.1, -0.05) is 48.5 Å².